The zero-order chi connectivity index (χ0) is 9.68. The second-order valence-electron chi connectivity index (χ2n) is 2.52. The third-order valence-corrected chi connectivity index (χ3v) is 1.83. The number of rotatable bonds is 4. The van der Waals surface area contributed by atoms with Crippen molar-refractivity contribution in [3.63, 3.8) is 0 Å². The molecule has 0 bridgehead atoms. The average molecular weight is 202 g/mol. The maximum absolute atomic E-state index is 8.55. The van der Waals surface area contributed by atoms with Crippen molar-refractivity contribution in [1.82, 2.24) is 5.48 Å². The van der Waals surface area contributed by atoms with Gasteiger partial charge in [-0.1, -0.05) is 11.6 Å². The van der Waals surface area contributed by atoms with Crippen molar-refractivity contribution in [2.45, 2.75) is 13.5 Å². The summed E-state index contributed by atoms with van der Waals surface area (Å²) < 4.78 is 5.33. The fourth-order valence-corrected chi connectivity index (χ4v) is 1.26. The van der Waals surface area contributed by atoms with E-state index in [-0.39, 0.29) is 0 Å². The molecule has 13 heavy (non-hydrogen) atoms. The van der Waals surface area contributed by atoms with Crippen molar-refractivity contribution in [2.24, 2.45) is 0 Å². The molecule has 72 valence electrons. The lowest BCUT2D eigenvalue weighted by Gasteiger charge is -2.09. The number of nitrogens with one attached hydrogen (secondary N) is 1. The van der Waals surface area contributed by atoms with Gasteiger partial charge in [0, 0.05) is 17.1 Å². The molecule has 0 atom stereocenters. The topological polar surface area (TPSA) is 41.5 Å². The second kappa shape index (κ2) is 5.07. The summed E-state index contributed by atoms with van der Waals surface area (Å²) in [5.74, 6) is 0.744. The summed E-state index contributed by atoms with van der Waals surface area (Å²) in [6.07, 6.45) is 0. The van der Waals surface area contributed by atoms with Crippen molar-refractivity contribution >= 4 is 11.6 Å². The Morgan fingerprint density at radius 3 is 2.92 bits per heavy atom. The third-order valence-electron chi connectivity index (χ3n) is 1.59. The normalized spacial score (nSPS) is 10.1. The molecule has 0 radical (unpaired) electrons. The maximum atomic E-state index is 8.55. The zero-order valence-electron chi connectivity index (χ0n) is 7.38. The smallest absolute Gasteiger partial charge is 0.123 e. The number of benzene rings is 1. The van der Waals surface area contributed by atoms with Gasteiger partial charge in [0.2, 0.25) is 0 Å². The lowest BCUT2D eigenvalue weighted by atomic mass is 10.2. The zero-order valence-corrected chi connectivity index (χ0v) is 8.14. The lowest BCUT2D eigenvalue weighted by Crippen LogP contribution is -2.08. The van der Waals surface area contributed by atoms with Crippen LogP contribution >= 0.6 is 11.6 Å². The Bertz CT molecular complexity index is 278. The molecule has 0 aliphatic carbocycles. The van der Waals surface area contributed by atoms with E-state index in [0.717, 1.165) is 11.3 Å². The predicted molar refractivity (Wildman–Crippen MR) is 51.2 cm³/mol. The van der Waals surface area contributed by atoms with E-state index in [1.165, 1.54) is 0 Å². The Balaban J connectivity index is 2.89. The fourth-order valence-electron chi connectivity index (χ4n) is 1.07. The highest BCUT2D eigenvalue weighted by molar-refractivity contribution is 6.30. The Morgan fingerprint density at radius 2 is 2.31 bits per heavy atom. The predicted octanol–water partition coefficient (Wildman–Crippen LogP) is 2.22. The molecule has 0 heterocycles. The van der Waals surface area contributed by atoms with Crippen molar-refractivity contribution < 1.29 is 9.94 Å². The van der Waals surface area contributed by atoms with Gasteiger partial charge in [-0.2, -0.15) is 0 Å². The standard InChI is InChI=1S/C9H12ClNO2/c1-2-13-9-4-3-8(10)5-7(9)6-11-12/h3-5,11-12H,2,6H2,1H3. The summed E-state index contributed by atoms with van der Waals surface area (Å²) in [6, 6.07) is 5.31. The van der Waals surface area contributed by atoms with Crippen LogP contribution in [0.5, 0.6) is 5.75 Å². The molecule has 0 aliphatic heterocycles. The molecular formula is C9H12ClNO2. The molecular weight excluding hydrogens is 190 g/mol. The van der Waals surface area contributed by atoms with Gasteiger partial charge in [-0.25, -0.2) is 5.48 Å². The summed E-state index contributed by atoms with van der Waals surface area (Å²) in [4.78, 5) is 0. The number of halogens is 1. The van der Waals surface area contributed by atoms with Crippen LogP contribution in [0.15, 0.2) is 18.2 Å². The lowest BCUT2D eigenvalue weighted by molar-refractivity contribution is 0.159. The first-order chi connectivity index (χ1) is 6.27. The fraction of sp³-hybridized carbons (Fsp3) is 0.333. The van der Waals surface area contributed by atoms with E-state index >= 15 is 0 Å². The Morgan fingerprint density at radius 1 is 1.54 bits per heavy atom. The van der Waals surface area contributed by atoms with Gasteiger partial charge in [0.15, 0.2) is 0 Å². The molecule has 0 saturated carbocycles. The molecule has 0 aliphatic rings. The minimum absolute atomic E-state index is 0.329. The van der Waals surface area contributed by atoms with E-state index < -0.39 is 0 Å². The Labute approximate surface area is 82.2 Å². The first-order valence-electron chi connectivity index (χ1n) is 4.06. The van der Waals surface area contributed by atoms with Gasteiger partial charge in [-0.05, 0) is 25.1 Å². The van der Waals surface area contributed by atoms with Gasteiger partial charge in [-0.15, -0.1) is 0 Å². The minimum Gasteiger partial charge on any atom is -0.494 e. The van der Waals surface area contributed by atoms with Crippen LogP contribution in [0, 0.1) is 0 Å². The van der Waals surface area contributed by atoms with Crippen LogP contribution in [0.2, 0.25) is 5.02 Å². The van der Waals surface area contributed by atoms with E-state index in [0.29, 0.717) is 18.2 Å². The summed E-state index contributed by atoms with van der Waals surface area (Å²) in [5, 5.41) is 9.19. The van der Waals surface area contributed by atoms with E-state index in [1.54, 1.807) is 18.2 Å². The molecule has 3 nitrogen and oxygen atoms in total. The molecule has 0 spiro atoms. The molecule has 0 fully saturated rings. The van der Waals surface area contributed by atoms with Crippen LogP contribution in [0.1, 0.15) is 12.5 Å². The maximum Gasteiger partial charge on any atom is 0.123 e. The van der Waals surface area contributed by atoms with Crippen LogP contribution in [-0.4, -0.2) is 11.8 Å². The van der Waals surface area contributed by atoms with Gasteiger partial charge < -0.3 is 9.94 Å². The third kappa shape index (κ3) is 2.88. The molecule has 1 aromatic rings. The second-order valence-corrected chi connectivity index (χ2v) is 2.96. The molecule has 0 amide bonds. The first kappa shape index (κ1) is 10.3. The summed E-state index contributed by atoms with van der Waals surface area (Å²) >= 11 is 5.79. The summed E-state index contributed by atoms with van der Waals surface area (Å²) in [5.41, 5.74) is 2.92. The SMILES string of the molecule is CCOc1ccc(Cl)cc1CNO. The van der Waals surface area contributed by atoms with Crippen molar-refractivity contribution in [3.05, 3.63) is 28.8 Å². The molecule has 0 aromatic heterocycles. The number of hydrogen-bond acceptors (Lipinski definition) is 3. The molecule has 2 N–H and O–H groups in total. The molecule has 4 heteroatoms. The average Bonchev–Trinajstić information content (AvgIpc) is 2.10. The van der Waals surface area contributed by atoms with E-state index in [1.807, 2.05) is 6.92 Å². The van der Waals surface area contributed by atoms with Crippen molar-refractivity contribution in [1.29, 1.82) is 0 Å². The van der Waals surface area contributed by atoms with Gasteiger partial charge in [-0.3, -0.25) is 0 Å². The van der Waals surface area contributed by atoms with Gasteiger partial charge in [0.1, 0.15) is 5.75 Å². The summed E-state index contributed by atoms with van der Waals surface area (Å²) in [7, 11) is 0. The highest BCUT2D eigenvalue weighted by atomic mass is 35.5. The van der Waals surface area contributed by atoms with Gasteiger partial charge in [0.25, 0.3) is 0 Å². The molecule has 0 unspecified atom stereocenters. The van der Waals surface area contributed by atoms with E-state index in [4.69, 9.17) is 21.5 Å². The van der Waals surface area contributed by atoms with Crippen LogP contribution in [0.4, 0.5) is 0 Å². The monoisotopic (exact) mass is 201 g/mol. The Hall–Kier alpha value is -0.770. The number of ether oxygens (including phenoxy) is 1. The molecule has 1 rings (SSSR count). The highest BCUT2D eigenvalue weighted by Gasteiger charge is 2.02. The first-order valence-corrected chi connectivity index (χ1v) is 4.44. The summed E-state index contributed by atoms with van der Waals surface area (Å²) in [6.45, 7) is 2.83. The largest absolute Gasteiger partial charge is 0.494 e. The minimum atomic E-state index is 0.329. The highest BCUT2D eigenvalue weighted by Crippen LogP contribution is 2.22. The molecule has 0 saturated heterocycles. The van der Waals surface area contributed by atoms with Crippen molar-refractivity contribution in [2.75, 3.05) is 6.61 Å². The Kier molecular flexibility index (Phi) is 4.02. The van der Waals surface area contributed by atoms with E-state index in [2.05, 4.69) is 5.48 Å². The number of hydrogen-bond donors (Lipinski definition) is 2. The van der Waals surface area contributed by atoms with Crippen LogP contribution in [0.25, 0.3) is 0 Å². The van der Waals surface area contributed by atoms with Gasteiger partial charge >= 0.3 is 0 Å². The van der Waals surface area contributed by atoms with Crippen LogP contribution < -0.4 is 10.2 Å². The number of hydroxylamine groups is 1. The van der Waals surface area contributed by atoms with Crippen LogP contribution in [-0.2, 0) is 6.54 Å². The van der Waals surface area contributed by atoms with E-state index in [9.17, 15) is 0 Å². The quantitative estimate of drug-likeness (QED) is 0.734. The van der Waals surface area contributed by atoms with Gasteiger partial charge in [0.05, 0.1) is 6.61 Å². The molecule has 1 aromatic carbocycles. The van der Waals surface area contributed by atoms with Crippen LogP contribution in [0.3, 0.4) is 0 Å². The van der Waals surface area contributed by atoms with Crippen molar-refractivity contribution in [3.8, 4) is 5.75 Å².